The molecule has 2 aliphatic heterocycles. The van der Waals surface area contributed by atoms with Gasteiger partial charge in [0, 0.05) is 56.1 Å². The maximum absolute atomic E-state index is 12.8. The first-order valence-corrected chi connectivity index (χ1v) is 15.5. The van der Waals surface area contributed by atoms with Crippen LogP contribution in [-0.4, -0.2) is 85.5 Å². The zero-order valence-electron chi connectivity index (χ0n) is 25.6. The Morgan fingerprint density at radius 3 is 2.26 bits per heavy atom. The number of fused-ring (bicyclic) bond motifs is 1. The Labute approximate surface area is 268 Å². The molecule has 4 aromatic carbocycles. The number of nitrogens with zero attached hydrogens (tertiary/aromatic N) is 4. The van der Waals surface area contributed by atoms with Crippen molar-refractivity contribution >= 4 is 40.3 Å². The van der Waals surface area contributed by atoms with Crippen molar-refractivity contribution in [3.8, 4) is 0 Å². The fourth-order valence-corrected chi connectivity index (χ4v) is 5.74. The summed E-state index contributed by atoms with van der Waals surface area (Å²) in [5, 5.41) is 2.00. The SMILES string of the molecule is NC(=NC(=O)c1ccc2ccccc2c1)c1ccc(N2CC(CN3CCN(CCC(=O)OCc4ccccc4)CC3)OC2=O)cc1. The van der Waals surface area contributed by atoms with E-state index in [2.05, 4.69) is 14.8 Å². The minimum absolute atomic E-state index is 0.106. The molecule has 2 aliphatic rings. The van der Waals surface area contributed by atoms with Gasteiger partial charge in [0.25, 0.3) is 5.91 Å². The van der Waals surface area contributed by atoms with Gasteiger partial charge in [-0.05, 0) is 52.7 Å². The van der Waals surface area contributed by atoms with Crippen molar-refractivity contribution in [2.24, 2.45) is 10.7 Å². The van der Waals surface area contributed by atoms with Crippen LogP contribution >= 0.6 is 0 Å². The van der Waals surface area contributed by atoms with Gasteiger partial charge in [-0.25, -0.2) is 4.79 Å². The van der Waals surface area contributed by atoms with E-state index in [1.165, 1.54) is 0 Å². The molecule has 2 heterocycles. The summed E-state index contributed by atoms with van der Waals surface area (Å²) >= 11 is 0. The molecule has 0 bridgehead atoms. The monoisotopic (exact) mass is 619 g/mol. The zero-order valence-corrected chi connectivity index (χ0v) is 25.6. The average Bonchev–Trinajstić information content (AvgIpc) is 3.46. The lowest BCUT2D eigenvalue weighted by Gasteiger charge is -2.35. The van der Waals surface area contributed by atoms with Crippen LogP contribution in [0.1, 0.15) is 27.9 Å². The molecule has 0 spiro atoms. The van der Waals surface area contributed by atoms with Crippen LogP contribution < -0.4 is 10.6 Å². The number of rotatable bonds is 10. The summed E-state index contributed by atoms with van der Waals surface area (Å²) in [6.07, 6.45) is -0.282. The van der Waals surface area contributed by atoms with E-state index in [4.69, 9.17) is 15.2 Å². The topological polar surface area (TPSA) is 118 Å². The van der Waals surface area contributed by atoms with Crippen LogP contribution in [0.3, 0.4) is 0 Å². The molecule has 2 fully saturated rings. The van der Waals surface area contributed by atoms with Crippen LogP contribution in [0.4, 0.5) is 10.5 Å². The number of amides is 2. The fourth-order valence-electron chi connectivity index (χ4n) is 5.74. The van der Waals surface area contributed by atoms with Crippen molar-refractivity contribution in [3.05, 3.63) is 114 Å². The van der Waals surface area contributed by atoms with Crippen LogP contribution in [0.5, 0.6) is 0 Å². The van der Waals surface area contributed by atoms with E-state index < -0.39 is 12.0 Å². The Morgan fingerprint density at radius 2 is 1.50 bits per heavy atom. The highest BCUT2D eigenvalue weighted by molar-refractivity contribution is 6.10. The Hall–Kier alpha value is -5.06. The van der Waals surface area contributed by atoms with Crippen molar-refractivity contribution < 1.29 is 23.9 Å². The highest BCUT2D eigenvalue weighted by Crippen LogP contribution is 2.23. The van der Waals surface area contributed by atoms with Gasteiger partial charge in [0.15, 0.2) is 0 Å². The zero-order chi connectivity index (χ0) is 31.9. The van der Waals surface area contributed by atoms with Crippen LogP contribution in [-0.2, 0) is 20.9 Å². The first kappa shape index (κ1) is 30.9. The molecule has 6 rings (SSSR count). The van der Waals surface area contributed by atoms with Gasteiger partial charge in [0.2, 0.25) is 0 Å². The molecule has 0 aliphatic carbocycles. The minimum atomic E-state index is -0.416. The molecule has 2 amide bonds. The molecule has 1 unspecified atom stereocenters. The number of benzene rings is 4. The maximum Gasteiger partial charge on any atom is 0.414 e. The number of amidine groups is 1. The molecule has 4 aromatic rings. The number of nitrogens with two attached hydrogens (primary N) is 1. The Morgan fingerprint density at radius 1 is 0.826 bits per heavy atom. The third kappa shape index (κ3) is 7.77. The summed E-state index contributed by atoms with van der Waals surface area (Å²) in [6, 6.07) is 30.0. The van der Waals surface area contributed by atoms with Gasteiger partial charge in [-0.2, -0.15) is 4.99 Å². The van der Waals surface area contributed by atoms with Crippen LogP contribution in [0, 0.1) is 0 Å². The first-order chi connectivity index (χ1) is 22.4. The van der Waals surface area contributed by atoms with Crippen molar-refractivity contribution in [2.75, 3.05) is 50.7 Å². The third-order valence-electron chi connectivity index (χ3n) is 8.37. The summed E-state index contributed by atoms with van der Waals surface area (Å²) in [4.78, 5) is 48.0. The van der Waals surface area contributed by atoms with E-state index in [9.17, 15) is 14.4 Å². The molecule has 0 saturated carbocycles. The molecule has 2 saturated heterocycles. The van der Waals surface area contributed by atoms with Crippen LogP contribution in [0.2, 0.25) is 0 Å². The quantitative estimate of drug-likeness (QED) is 0.157. The first-order valence-electron chi connectivity index (χ1n) is 15.5. The average molecular weight is 620 g/mol. The molecule has 236 valence electrons. The number of aliphatic imine (C=N–C) groups is 1. The lowest BCUT2D eigenvalue weighted by Crippen LogP contribution is -2.49. The van der Waals surface area contributed by atoms with E-state index in [-0.39, 0.29) is 17.9 Å². The van der Waals surface area contributed by atoms with Crippen LogP contribution in [0.25, 0.3) is 10.8 Å². The number of hydrogen-bond donors (Lipinski definition) is 1. The van der Waals surface area contributed by atoms with Gasteiger partial charge in [-0.1, -0.05) is 60.7 Å². The highest BCUT2D eigenvalue weighted by atomic mass is 16.6. The number of cyclic esters (lactones) is 1. The van der Waals surface area contributed by atoms with Gasteiger partial charge >= 0.3 is 12.1 Å². The number of ether oxygens (including phenoxy) is 2. The molecular weight excluding hydrogens is 582 g/mol. The van der Waals surface area contributed by atoms with E-state index >= 15 is 0 Å². The summed E-state index contributed by atoms with van der Waals surface area (Å²) in [5.41, 5.74) is 8.89. The predicted octanol–water partition coefficient (Wildman–Crippen LogP) is 4.46. The predicted molar refractivity (Wildman–Crippen MR) is 177 cm³/mol. The standard InChI is InChI=1S/C36H37N5O5/c37-34(38-35(43)30-11-10-27-8-4-5-9-29(27)22-30)28-12-14-31(15-13-28)41-24-32(46-36(41)44)23-40-20-18-39(19-21-40)17-16-33(42)45-25-26-6-2-1-3-7-26/h1-15,22,32H,16-21,23-25H2,(H2,37,38,43). The van der Waals surface area contributed by atoms with Gasteiger partial charge in [0.05, 0.1) is 13.0 Å². The summed E-state index contributed by atoms with van der Waals surface area (Å²) in [6.45, 7) is 5.38. The second kappa shape index (κ2) is 14.4. The smallest absolute Gasteiger partial charge is 0.414 e. The number of carbonyl (C=O) groups is 3. The summed E-state index contributed by atoms with van der Waals surface area (Å²) in [7, 11) is 0. The summed E-state index contributed by atoms with van der Waals surface area (Å²) < 4.78 is 11.1. The largest absolute Gasteiger partial charge is 0.461 e. The fraction of sp³-hybridized carbons (Fsp3) is 0.278. The molecule has 10 nitrogen and oxygen atoms in total. The third-order valence-corrected chi connectivity index (χ3v) is 8.37. The lowest BCUT2D eigenvalue weighted by molar-refractivity contribution is -0.145. The van der Waals surface area contributed by atoms with E-state index in [0.717, 1.165) is 42.5 Å². The number of carbonyl (C=O) groups excluding carboxylic acids is 3. The Bertz CT molecular complexity index is 1720. The van der Waals surface area contributed by atoms with Gasteiger partial charge in [0.1, 0.15) is 18.5 Å². The molecule has 1 atom stereocenters. The molecule has 2 N–H and O–H groups in total. The Balaban J connectivity index is 0.947. The van der Waals surface area contributed by atoms with Crippen molar-refractivity contribution in [2.45, 2.75) is 19.1 Å². The number of esters is 1. The normalized spacial score (nSPS) is 17.7. The molecule has 0 aromatic heterocycles. The Kier molecular flexibility index (Phi) is 9.66. The number of anilines is 1. The van der Waals surface area contributed by atoms with Crippen molar-refractivity contribution in [3.63, 3.8) is 0 Å². The molecular formula is C36H37N5O5. The highest BCUT2D eigenvalue weighted by Gasteiger charge is 2.34. The van der Waals surface area contributed by atoms with E-state index in [1.54, 1.807) is 41.3 Å². The molecule has 46 heavy (non-hydrogen) atoms. The summed E-state index contributed by atoms with van der Waals surface area (Å²) in [5.74, 6) is -0.503. The van der Waals surface area contributed by atoms with E-state index in [0.29, 0.717) is 49.5 Å². The maximum atomic E-state index is 12.8. The van der Waals surface area contributed by atoms with Crippen molar-refractivity contribution in [1.29, 1.82) is 0 Å². The van der Waals surface area contributed by atoms with Gasteiger partial charge in [-0.15, -0.1) is 0 Å². The second-order valence-electron chi connectivity index (χ2n) is 11.6. The number of piperazine rings is 1. The minimum Gasteiger partial charge on any atom is -0.461 e. The molecule has 0 radical (unpaired) electrons. The lowest BCUT2D eigenvalue weighted by atomic mass is 10.1. The van der Waals surface area contributed by atoms with E-state index in [1.807, 2.05) is 60.7 Å². The van der Waals surface area contributed by atoms with Gasteiger partial charge < -0.3 is 20.1 Å². The van der Waals surface area contributed by atoms with Gasteiger partial charge in [-0.3, -0.25) is 19.4 Å². The van der Waals surface area contributed by atoms with Crippen molar-refractivity contribution in [1.82, 2.24) is 9.80 Å². The number of hydrogen-bond acceptors (Lipinski definition) is 7. The van der Waals surface area contributed by atoms with Crippen LogP contribution in [0.15, 0.2) is 102 Å². The second-order valence-corrected chi connectivity index (χ2v) is 11.6. The molecule has 10 heteroatoms.